The molecule has 0 aliphatic heterocycles. The van der Waals surface area contributed by atoms with Crippen molar-refractivity contribution in [2.75, 3.05) is 7.11 Å². The number of hydrogen-bond donors (Lipinski definition) is 0. The van der Waals surface area contributed by atoms with Gasteiger partial charge >= 0.3 is 5.97 Å². The molecule has 0 spiro atoms. The lowest BCUT2D eigenvalue weighted by atomic mass is 10.2. The van der Waals surface area contributed by atoms with E-state index < -0.39 is 10.9 Å². The van der Waals surface area contributed by atoms with Crippen molar-refractivity contribution in [1.82, 2.24) is 20.2 Å². The zero-order valence-corrected chi connectivity index (χ0v) is 11.6. The number of hydrogen-bond acceptors (Lipinski definition) is 8. The molecule has 1 aromatic heterocycles. The van der Waals surface area contributed by atoms with Crippen LogP contribution in [0.5, 0.6) is 0 Å². The molecule has 0 unspecified atom stereocenters. The number of methoxy groups -OCH3 is 1. The van der Waals surface area contributed by atoms with Crippen LogP contribution >= 0.6 is 11.8 Å². The Bertz CT molecular complexity index is 714. The summed E-state index contributed by atoms with van der Waals surface area (Å²) in [6.45, 7) is 3.54. The molecule has 0 fully saturated rings. The molecule has 21 heavy (non-hydrogen) atoms. The number of non-ortho nitro benzene ring substituents is 1. The first-order chi connectivity index (χ1) is 10.1. The van der Waals surface area contributed by atoms with Gasteiger partial charge in [0.05, 0.1) is 17.6 Å². The highest BCUT2D eigenvalue weighted by atomic mass is 32.2. The Morgan fingerprint density at radius 2 is 2.33 bits per heavy atom. The molecule has 0 saturated heterocycles. The average Bonchev–Trinajstić information content (AvgIpc) is 2.93. The third kappa shape index (κ3) is 3.05. The van der Waals surface area contributed by atoms with Gasteiger partial charge in [-0.1, -0.05) is 6.58 Å². The van der Waals surface area contributed by atoms with E-state index in [9.17, 15) is 14.9 Å². The van der Waals surface area contributed by atoms with Gasteiger partial charge in [0.2, 0.25) is 5.16 Å². The number of tetrazole rings is 1. The van der Waals surface area contributed by atoms with Crippen LogP contribution in [-0.4, -0.2) is 38.2 Å². The van der Waals surface area contributed by atoms with Gasteiger partial charge in [0, 0.05) is 23.2 Å². The maximum absolute atomic E-state index is 11.8. The Balaban J connectivity index is 2.45. The van der Waals surface area contributed by atoms with Crippen LogP contribution in [0.4, 0.5) is 5.69 Å². The number of benzene rings is 1. The van der Waals surface area contributed by atoms with Crippen LogP contribution in [0.3, 0.4) is 0 Å². The van der Waals surface area contributed by atoms with E-state index in [1.54, 1.807) is 0 Å². The molecule has 0 amide bonds. The highest BCUT2D eigenvalue weighted by Crippen LogP contribution is 2.31. The minimum Gasteiger partial charge on any atom is -0.465 e. The fourth-order valence-corrected chi connectivity index (χ4v) is 2.32. The molecule has 9 nitrogen and oxygen atoms in total. The van der Waals surface area contributed by atoms with Crippen molar-refractivity contribution < 1.29 is 14.5 Å². The minimum atomic E-state index is -0.682. The lowest BCUT2D eigenvalue weighted by Crippen LogP contribution is -2.04. The van der Waals surface area contributed by atoms with Gasteiger partial charge in [-0.05, 0) is 28.3 Å². The quantitative estimate of drug-likeness (QED) is 0.465. The van der Waals surface area contributed by atoms with Crippen LogP contribution in [0.25, 0.3) is 6.20 Å². The van der Waals surface area contributed by atoms with Gasteiger partial charge < -0.3 is 4.74 Å². The Hall–Kier alpha value is -2.75. The summed E-state index contributed by atoms with van der Waals surface area (Å²) in [4.78, 5) is 22.4. The molecule has 108 valence electrons. The van der Waals surface area contributed by atoms with Gasteiger partial charge in [-0.2, -0.15) is 4.68 Å². The van der Waals surface area contributed by atoms with Crippen LogP contribution in [0.1, 0.15) is 10.4 Å². The molecule has 2 aromatic rings. The third-order valence-corrected chi connectivity index (χ3v) is 3.44. The first-order valence-electron chi connectivity index (χ1n) is 5.52. The largest absolute Gasteiger partial charge is 0.465 e. The number of aromatic nitrogens is 4. The monoisotopic (exact) mass is 307 g/mol. The second-order valence-electron chi connectivity index (χ2n) is 3.62. The Morgan fingerprint density at radius 1 is 1.57 bits per heavy atom. The summed E-state index contributed by atoms with van der Waals surface area (Å²) in [5, 5.41) is 22.1. The van der Waals surface area contributed by atoms with Crippen LogP contribution in [-0.2, 0) is 4.74 Å². The molecule has 0 bridgehead atoms. The van der Waals surface area contributed by atoms with E-state index in [1.807, 2.05) is 0 Å². The topological polar surface area (TPSA) is 113 Å². The summed E-state index contributed by atoms with van der Waals surface area (Å²) in [6, 6.07) is 3.88. The van der Waals surface area contributed by atoms with E-state index in [-0.39, 0.29) is 11.3 Å². The molecule has 0 atom stereocenters. The zero-order chi connectivity index (χ0) is 15.4. The zero-order valence-electron chi connectivity index (χ0n) is 10.8. The normalized spacial score (nSPS) is 10.1. The minimum absolute atomic E-state index is 0.0651. The highest BCUT2D eigenvalue weighted by Gasteiger charge is 2.19. The number of nitro groups is 1. The summed E-state index contributed by atoms with van der Waals surface area (Å²) >= 11 is 1.07. The number of carbonyl (C=O) groups excluding carboxylic acids is 1. The molecular formula is C11H9N5O4S. The molecule has 0 radical (unpaired) electrons. The number of rotatable bonds is 5. The summed E-state index contributed by atoms with van der Waals surface area (Å²) in [7, 11) is 1.20. The van der Waals surface area contributed by atoms with Crippen molar-refractivity contribution in [2.24, 2.45) is 0 Å². The Morgan fingerprint density at radius 3 is 2.95 bits per heavy atom. The molecule has 10 heteroatoms. The maximum atomic E-state index is 11.8. The lowest BCUT2D eigenvalue weighted by molar-refractivity contribution is -0.384. The van der Waals surface area contributed by atoms with Crippen molar-refractivity contribution in [1.29, 1.82) is 0 Å². The Kier molecular flexibility index (Phi) is 4.28. The molecular weight excluding hydrogens is 298 g/mol. The summed E-state index contributed by atoms with van der Waals surface area (Å²) in [5.41, 5.74) is -0.140. The van der Waals surface area contributed by atoms with Crippen LogP contribution < -0.4 is 0 Å². The molecule has 0 saturated carbocycles. The first-order valence-corrected chi connectivity index (χ1v) is 6.33. The predicted octanol–water partition coefficient (Wildman–Crippen LogP) is 1.62. The highest BCUT2D eigenvalue weighted by molar-refractivity contribution is 7.99. The van der Waals surface area contributed by atoms with Crippen molar-refractivity contribution in [3.63, 3.8) is 0 Å². The lowest BCUT2D eigenvalue weighted by Gasteiger charge is -2.06. The standard InChI is InChI=1S/C11H9N5O4S/c1-3-15-11(12-13-14-15)21-9-5-4-7(16(18)19)6-8(9)10(17)20-2/h3-6H,1H2,2H3. The van der Waals surface area contributed by atoms with Gasteiger partial charge in [-0.25, -0.2) is 4.79 Å². The molecule has 0 aliphatic carbocycles. The van der Waals surface area contributed by atoms with Crippen molar-refractivity contribution >= 4 is 29.6 Å². The molecule has 1 aromatic carbocycles. The predicted molar refractivity (Wildman–Crippen MR) is 72.8 cm³/mol. The molecule has 0 N–H and O–H groups in total. The molecule has 0 aliphatic rings. The van der Waals surface area contributed by atoms with Crippen LogP contribution in [0.2, 0.25) is 0 Å². The maximum Gasteiger partial charge on any atom is 0.339 e. The van der Waals surface area contributed by atoms with E-state index in [4.69, 9.17) is 0 Å². The third-order valence-electron chi connectivity index (χ3n) is 2.42. The number of ether oxygens (including phenoxy) is 1. The second kappa shape index (κ2) is 6.13. The van der Waals surface area contributed by atoms with Crippen molar-refractivity contribution in [2.45, 2.75) is 10.1 Å². The number of esters is 1. The van der Waals surface area contributed by atoms with E-state index in [1.165, 1.54) is 30.1 Å². The second-order valence-corrected chi connectivity index (χ2v) is 4.63. The van der Waals surface area contributed by atoms with E-state index >= 15 is 0 Å². The van der Waals surface area contributed by atoms with Gasteiger partial charge in [0.1, 0.15) is 0 Å². The number of nitrogens with zero attached hydrogens (tertiary/aromatic N) is 5. The van der Waals surface area contributed by atoms with Gasteiger partial charge in [-0.3, -0.25) is 10.1 Å². The van der Waals surface area contributed by atoms with Crippen molar-refractivity contribution in [3.8, 4) is 0 Å². The first kappa shape index (κ1) is 14.7. The van der Waals surface area contributed by atoms with Crippen LogP contribution in [0.15, 0.2) is 34.8 Å². The summed E-state index contributed by atoms with van der Waals surface area (Å²) < 4.78 is 5.95. The summed E-state index contributed by atoms with van der Waals surface area (Å²) in [6.07, 6.45) is 1.39. The average molecular weight is 307 g/mol. The number of carbonyl (C=O) groups is 1. The fraction of sp³-hybridized carbons (Fsp3) is 0.0909. The molecule has 2 rings (SSSR count). The summed E-state index contributed by atoms with van der Waals surface area (Å²) in [5.74, 6) is -0.682. The van der Waals surface area contributed by atoms with Gasteiger partial charge in [0.15, 0.2) is 0 Å². The number of nitro benzene ring substituents is 1. The van der Waals surface area contributed by atoms with Gasteiger partial charge in [0.25, 0.3) is 5.69 Å². The Labute approximate surface area is 122 Å². The smallest absolute Gasteiger partial charge is 0.339 e. The fourth-order valence-electron chi connectivity index (χ4n) is 1.46. The van der Waals surface area contributed by atoms with Crippen molar-refractivity contribution in [3.05, 3.63) is 40.5 Å². The van der Waals surface area contributed by atoms with Gasteiger partial charge in [-0.15, -0.1) is 5.10 Å². The van der Waals surface area contributed by atoms with E-state index in [0.717, 1.165) is 17.8 Å². The van der Waals surface area contributed by atoms with E-state index in [2.05, 4.69) is 26.8 Å². The van der Waals surface area contributed by atoms with E-state index in [0.29, 0.717) is 10.1 Å². The molecule has 1 heterocycles. The SMILES string of the molecule is C=Cn1nnnc1Sc1ccc([N+](=O)[O-])cc1C(=O)OC. The van der Waals surface area contributed by atoms with Crippen LogP contribution in [0, 0.1) is 10.1 Å².